The second-order valence-electron chi connectivity index (χ2n) is 5.94. The van der Waals surface area contributed by atoms with Crippen LogP contribution in [0.2, 0.25) is 5.02 Å². The molecule has 130 valence electrons. The fraction of sp³-hybridized carbons (Fsp3) is 0.421. The van der Waals surface area contributed by atoms with Gasteiger partial charge in [-0.15, -0.1) is 0 Å². The molecule has 0 amide bonds. The summed E-state index contributed by atoms with van der Waals surface area (Å²) in [6.07, 6.45) is 4.97. The third-order valence-electron chi connectivity index (χ3n) is 4.23. The number of pyridine rings is 1. The van der Waals surface area contributed by atoms with Gasteiger partial charge >= 0.3 is 0 Å². The van der Waals surface area contributed by atoms with Gasteiger partial charge in [0.25, 0.3) is 0 Å². The van der Waals surface area contributed by atoms with E-state index in [-0.39, 0.29) is 0 Å². The van der Waals surface area contributed by atoms with E-state index in [9.17, 15) is 5.11 Å². The molecule has 0 radical (unpaired) electrons. The lowest BCUT2D eigenvalue weighted by atomic mass is 9.97. The third-order valence-corrected chi connectivity index (χ3v) is 4.46. The highest BCUT2D eigenvalue weighted by Crippen LogP contribution is 2.24. The first-order valence-electron chi connectivity index (χ1n) is 8.29. The van der Waals surface area contributed by atoms with Crippen LogP contribution in [0.25, 0.3) is 0 Å². The molecule has 0 aliphatic rings. The minimum absolute atomic E-state index is 0.455. The molecule has 24 heavy (non-hydrogen) atoms. The summed E-state index contributed by atoms with van der Waals surface area (Å²) in [5.74, 6) is 0.785. The average molecular weight is 349 g/mol. The van der Waals surface area contributed by atoms with Crippen LogP contribution in [0.15, 0.2) is 42.7 Å². The van der Waals surface area contributed by atoms with Gasteiger partial charge in [-0.3, -0.25) is 4.98 Å². The van der Waals surface area contributed by atoms with Crippen molar-refractivity contribution in [1.29, 1.82) is 0 Å². The van der Waals surface area contributed by atoms with Crippen molar-refractivity contribution in [2.75, 3.05) is 6.54 Å². The smallest absolute Gasteiger partial charge is 0.124 e. The van der Waals surface area contributed by atoms with Gasteiger partial charge < -0.3 is 15.2 Å². The zero-order valence-electron chi connectivity index (χ0n) is 14.3. The summed E-state index contributed by atoms with van der Waals surface area (Å²) in [5.41, 5.74) is 1.31. The van der Waals surface area contributed by atoms with E-state index < -0.39 is 5.60 Å². The maximum absolute atomic E-state index is 10.4. The summed E-state index contributed by atoms with van der Waals surface area (Å²) in [6.45, 7) is 5.57. The number of halogens is 1. The fourth-order valence-electron chi connectivity index (χ4n) is 2.40. The Bertz CT molecular complexity index is 631. The monoisotopic (exact) mass is 348 g/mol. The lowest BCUT2D eigenvalue weighted by Crippen LogP contribution is -2.39. The van der Waals surface area contributed by atoms with Crippen molar-refractivity contribution < 1.29 is 9.84 Å². The molecule has 0 atom stereocenters. The van der Waals surface area contributed by atoms with Gasteiger partial charge in [0.2, 0.25) is 0 Å². The largest absolute Gasteiger partial charge is 0.489 e. The number of nitrogens with one attached hydrogen (secondary N) is 1. The minimum Gasteiger partial charge on any atom is -0.489 e. The molecule has 0 aliphatic carbocycles. The van der Waals surface area contributed by atoms with E-state index in [1.54, 1.807) is 12.4 Å². The summed E-state index contributed by atoms with van der Waals surface area (Å²) in [7, 11) is 0. The molecule has 2 aromatic rings. The predicted octanol–water partition coefficient (Wildman–Crippen LogP) is 3.95. The van der Waals surface area contributed by atoms with Crippen LogP contribution in [0.5, 0.6) is 5.75 Å². The number of rotatable bonds is 9. The Morgan fingerprint density at radius 2 is 2.04 bits per heavy atom. The SMILES string of the molecule is CCC(O)(CC)CNCc1cc(Cl)ccc1OCc1cccnc1. The van der Waals surface area contributed by atoms with E-state index in [0.29, 0.717) is 24.7 Å². The topological polar surface area (TPSA) is 54.4 Å². The van der Waals surface area contributed by atoms with E-state index in [1.165, 1.54) is 0 Å². The molecule has 4 nitrogen and oxygen atoms in total. The van der Waals surface area contributed by atoms with Crippen LogP contribution in [0.1, 0.15) is 37.8 Å². The molecule has 1 aromatic carbocycles. The van der Waals surface area contributed by atoms with Crippen LogP contribution in [0.4, 0.5) is 0 Å². The van der Waals surface area contributed by atoms with Gasteiger partial charge in [0.1, 0.15) is 12.4 Å². The Morgan fingerprint density at radius 3 is 2.71 bits per heavy atom. The molecular weight excluding hydrogens is 324 g/mol. The number of benzene rings is 1. The standard InChI is InChI=1S/C19H25ClN2O2/c1-3-19(23,4-2)14-22-12-16-10-17(20)7-8-18(16)24-13-15-6-5-9-21-11-15/h5-11,22-23H,3-4,12-14H2,1-2H3. The van der Waals surface area contributed by atoms with Crippen molar-refractivity contribution >= 4 is 11.6 Å². The van der Waals surface area contributed by atoms with Gasteiger partial charge in [-0.1, -0.05) is 31.5 Å². The first kappa shape index (κ1) is 18.7. The van der Waals surface area contributed by atoms with E-state index in [0.717, 1.165) is 29.7 Å². The molecule has 0 saturated heterocycles. The molecule has 0 bridgehead atoms. The van der Waals surface area contributed by atoms with E-state index in [2.05, 4.69) is 10.3 Å². The lowest BCUT2D eigenvalue weighted by Gasteiger charge is -2.25. The Hall–Kier alpha value is -1.62. The van der Waals surface area contributed by atoms with E-state index >= 15 is 0 Å². The highest BCUT2D eigenvalue weighted by atomic mass is 35.5. The number of hydrogen-bond acceptors (Lipinski definition) is 4. The lowest BCUT2D eigenvalue weighted by molar-refractivity contribution is 0.0322. The average Bonchev–Trinajstić information content (AvgIpc) is 2.61. The van der Waals surface area contributed by atoms with E-state index in [1.807, 2.05) is 44.2 Å². The van der Waals surface area contributed by atoms with Gasteiger partial charge in [0.15, 0.2) is 0 Å². The Labute approximate surface area is 148 Å². The molecule has 2 rings (SSSR count). The Balaban J connectivity index is 1.99. The molecule has 0 unspecified atom stereocenters. The Morgan fingerprint density at radius 1 is 1.25 bits per heavy atom. The third kappa shape index (κ3) is 5.48. The predicted molar refractivity (Wildman–Crippen MR) is 97.3 cm³/mol. The van der Waals surface area contributed by atoms with Gasteiger partial charge in [0, 0.05) is 41.6 Å². The van der Waals surface area contributed by atoms with Crippen molar-refractivity contribution in [3.63, 3.8) is 0 Å². The molecular formula is C19H25ClN2O2. The fourth-order valence-corrected chi connectivity index (χ4v) is 2.60. The highest BCUT2D eigenvalue weighted by Gasteiger charge is 2.21. The van der Waals surface area contributed by atoms with Crippen molar-refractivity contribution in [3.05, 3.63) is 58.9 Å². The van der Waals surface area contributed by atoms with Crippen LogP contribution in [0, 0.1) is 0 Å². The maximum atomic E-state index is 10.4. The summed E-state index contributed by atoms with van der Waals surface area (Å²) in [4.78, 5) is 4.09. The maximum Gasteiger partial charge on any atom is 0.124 e. The molecule has 1 heterocycles. The molecule has 0 spiro atoms. The number of aliphatic hydroxyl groups is 1. The summed E-state index contributed by atoms with van der Waals surface area (Å²) in [6, 6.07) is 9.45. The number of aromatic nitrogens is 1. The number of hydrogen-bond donors (Lipinski definition) is 2. The van der Waals surface area contributed by atoms with Gasteiger partial charge in [-0.05, 0) is 37.1 Å². The molecule has 0 aliphatic heterocycles. The molecule has 2 N–H and O–H groups in total. The van der Waals surface area contributed by atoms with Crippen LogP contribution in [-0.2, 0) is 13.2 Å². The van der Waals surface area contributed by atoms with Crippen LogP contribution in [0.3, 0.4) is 0 Å². The number of ether oxygens (including phenoxy) is 1. The zero-order valence-corrected chi connectivity index (χ0v) is 15.0. The quantitative estimate of drug-likeness (QED) is 0.720. The minimum atomic E-state index is -0.671. The van der Waals surface area contributed by atoms with Crippen LogP contribution < -0.4 is 10.1 Å². The van der Waals surface area contributed by atoms with Gasteiger partial charge in [0.05, 0.1) is 5.60 Å². The van der Waals surface area contributed by atoms with Gasteiger partial charge in [-0.25, -0.2) is 0 Å². The summed E-state index contributed by atoms with van der Waals surface area (Å²) in [5, 5.41) is 14.3. The summed E-state index contributed by atoms with van der Waals surface area (Å²) >= 11 is 6.11. The highest BCUT2D eigenvalue weighted by molar-refractivity contribution is 6.30. The van der Waals surface area contributed by atoms with E-state index in [4.69, 9.17) is 16.3 Å². The Kier molecular flexibility index (Phi) is 7.03. The van der Waals surface area contributed by atoms with Crippen molar-refractivity contribution in [2.45, 2.75) is 45.4 Å². The number of nitrogens with zero attached hydrogens (tertiary/aromatic N) is 1. The van der Waals surface area contributed by atoms with Gasteiger partial charge in [-0.2, -0.15) is 0 Å². The van der Waals surface area contributed by atoms with Crippen LogP contribution in [-0.4, -0.2) is 22.2 Å². The van der Waals surface area contributed by atoms with Crippen molar-refractivity contribution in [1.82, 2.24) is 10.3 Å². The van der Waals surface area contributed by atoms with Crippen LogP contribution >= 0.6 is 11.6 Å². The second kappa shape index (κ2) is 9.02. The normalized spacial score (nSPS) is 11.5. The molecule has 0 saturated carbocycles. The molecule has 0 fully saturated rings. The second-order valence-corrected chi connectivity index (χ2v) is 6.37. The first-order chi connectivity index (χ1) is 11.6. The van der Waals surface area contributed by atoms with Crippen molar-refractivity contribution in [2.24, 2.45) is 0 Å². The molecule has 5 heteroatoms. The summed E-state index contributed by atoms with van der Waals surface area (Å²) < 4.78 is 5.91. The van der Waals surface area contributed by atoms with Crippen molar-refractivity contribution in [3.8, 4) is 5.75 Å². The first-order valence-corrected chi connectivity index (χ1v) is 8.67. The molecule has 1 aromatic heterocycles. The zero-order chi connectivity index (χ0) is 17.4.